The molecule has 94 valence electrons. The van der Waals surface area contributed by atoms with Gasteiger partial charge in [0, 0.05) is 14.8 Å². The van der Waals surface area contributed by atoms with E-state index >= 15 is 0 Å². The molecule has 0 aliphatic heterocycles. The molecule has 0 heterocycles. The fourth-order valence-corrected chi connectivity index (χ4v) is 2.96. The lowest BCUT2D eigenvalue weighted by atomic mass is 9.99. The summed E-state index contributed by atoms with van der Waals surface area (Å²) in [5.41, 5.74) is -0.0500. The second kappa shape index (κ2) is 5.35. The maximum Gasteiger partial charge on any atom is 0.0851 e. The molecule has 1 N–H and O–H groups in total. The van der Waals surface area contributed by atoms with Gasteiger partial charge in [0.1, 0.15) is 0 Å². The molecule has 0 atom stereocenters. The fourth-order valence-electron chi connectivity index (χ4n) is 1.68. The fraction of sp³-hybridized carbons (Fsp3) is 0.200. The zero-order valence-corrected chi connectivity index (χ0v) is 11.9. The minimum Gasteiger partial charge on any atom is -0.386 e. The maximum atomic E-state index is 10.2. The van der Waals surface area contributed by atoms with Crippen LogP contribution in [0.25, 0.3) is 0 Å². The van der Waals surface area contributed by atoms with Crippen LogP contribution < -0.4 is 0 Å². The molecule has 0 amide bonds. The van der Waals surface area contributed by atoms with Crippen LogP contribution in [0.4, 0.5) is 0 Å². The molecule has 0 radical (unpaired) electrons. The molecule has 3 heteroatoms. The number of benzene rings is 2. The number of hydrogen-bond donors (Lipinski definition) is 1. The van der Waals surface area contributed by atoms with Gasteiger partial charge in [-0.3, -0.25) is 0 Å². The van der Waals surface area contributed by atoms with Crippen molar-refractivity contribution in [2.24, 2.45) is 0 Å². The molecule has 2 aromatic rings. The van der Waals surface area contributed by atoms with Crippen molar-refractivity contribution in [2.45, 2.75) is 29.2 Å². The normalized spacial score (nSPS) is 11.6. The van der Waals surface area contributed by atoms with Crippen LogP contribution in [0.5, 0.6) is 0 Å². The summed E-state index contributed by atoms with van der Waals surface area (Å²) in [6, 6.07) is 15.7. The third-order valence-corrected chi connectivity index (χ3v) is 3.89. The SMILES string of the molecule is CC(C)(O)c1cc(Cl)ccc1Sc1ccccc1. The second-order valence-corrected chi connectivity index (χ2v) is 6.17. The summed E-state index contributed by atoms with van der Waals surface area (Å²) in [6.07, 6.45) is 0. The average Bonchev–Trinajstić information content (AvgIpc) is 2.31. The highest BCUT2D eigenvalue weighted by Crippen LogP contribution is 2.36. The van der Waals surface area contributed by atoms with E-state index in [1.807, 2.05) is 48.5 Å². The van der Waals surface area contributed by atoms with Crippen molar-refractivity contribution in [3.05, 3.63) is 59.1 Å². The van der Waals surface area contributed by atoms with Gasteiger partial charge < -0.3 is 5.11 Å². The first-order valence-corrected chi connectivity index (χ1v) is 6.91. The molecule has 0 unspecified atom stereocenters. The first kappa shape index (κ1) is 13.5. The van der Waals surface area contributed by atoms with Crippen molar-refractivity contribution >= 4 is 23.4 Å². The van der Waals surface area contributed by atoms with Crippen LogP contribution in [-0.2, 0) is 5.60 Å². The molecule has 0 saturated heterocycles. The van der Waals surface area contributed by atoms with Crippen LogP contribution in [0.1, 0.15) is 19.4 Å². The van der Waals surface area contributed by atoms with Crippen LogP contribution in [0.3, 0.4) is 0 Å². The van der Waals surface area contributed by atoms with E-state index in [2.05, 4.69) is 0 Å². The van der Waals surface area contributed by atoms with Crippen molar-refractivity contribution in [3.63, 3.8) is 0 Å². The van der Waals surface area contributed by atoms with Gasteiger partial charge in [0.2, 0.25) is 0 Å². The summed E-state index contributed by atoms with van der Waals surface area (Å²) in [7, 11) is 0. The van der Waals surface area contributed by atoms with Crippen LogP contribution in [0.2, 0.25) is 5.02 Å². The lowest BCUT2D eigenvalue weighted by Crippen LogP contribution is -2.16. The Morgan fingerprint density at radius 1 is 1.06 bits per heavy atom. The van der Waals surface area contributed by atoms with Gasteiger partial charge >= 0.3 is 0 Å². The summed E-state index contributed by atoms with van der Waals surface area (Å²) in [6.45, 7) is 3.54. The Hall–Kier alpha value is -0.960. The van der Waals surface area contributed by atoms with Crippen molar-refractivity contribution < 1.29 is 5.11 Å². The minimum atomic E-state index is -0.901. The lowest BCUT2D eigenvalue weighted by molar-refractivity contribution is 0.0758. The first-order valence-electron chi connectivity index (χ1n) is 5.72. The summed E-state index contributed by atoms with van der Waals surface area (Å²) < 4.78 is 0. The molecule has 1 nitrogen and oxygen atoms in total. The van der Waals surface area contributed by atoms with Gasteiger partial charge in [-0.15, -0.1) is 0 Å². The molecular formula is C15H15ClOS. The molecule has 0 spiro atoms. The quantitative estimate of drug-likeness (QED) is 0.877. The Bertz CT molecular complexity index is 532. The topological polar surface area (TPSA) is 20.2 Å². The van der Waals surface area contributed by atoms with E-state index in [4.69, 9.17) is 11.6 Å². The third-order valence-electron chi connectivity index (χ3n) is 2.57. The largest absolute Gasteiger partial charge is 0.386 e. The van der Waals surface area contributed by atoms with Gasteiger partial charge in [-0.25, -0.2) is 0 Å². The molecule has 2 rings (SSSR count). The molecule has 0 saturated carbocycles. The summed E-state index contributed by atoms with van der Waals surface area (Å²) in [5.74, 6) is 0. The summed E-state index contributed by atoms with van der Waals surface area (Å²) in [4.78, 5) is 2.17. The Morgan fingerprint density at radius 2 is 1.72 bits per heavy atom. The van der Waals surface area contributed by atoms with Crippen LogP contribution >= 0.6 is 23.4 Å². The highest BCUT2D eigenvalue weighted by Gasteiger charge is 2.20. The second-order valence-electron chi connectivity index (χ2n) is 4.61. The van der Waals surface area contributed by atoms with Crippen molar-refractivity contribution in [3.8, 4) is 0 Å². The van der Waals surface area contributed by atoms with Gasteiger partial charge in [-0.1, -0.05) is 41.6 Å². The number of hydrogen-bond acceptors (Lipinski definition) is 2. The zero-order chi connectivity index (χ0) is 13.2. The maximum absolute atomic E-state index is 10.2. The number of rotatable bonds is 3. The summed E-state index contributed by atoms with van der Waals surface area (Å²) in [5, 5.41) is 10.8. The van der Waals surface area contributed by atoms with Gasteiger partial charge in [-0.05, 0) is 49.7 Å². The van der Waals surface area contributed by atoms with E-state index in [0.29, 0.717) is 5.02 Å². The highest BCUT2D eigenvalue weighted by atomic mass is 35.5. The predicted molar refractivity (Wildman–Crippen MR) is 77.3 cm³/mol. The summed E-state index contributed by atoms with van der Waals surface area (Å²) >= 11 is 7.64. The molecule has 2 aromatic carbocycles. The Kier molecular flexibility index (Phi) is 4.00. The van der Waals surface area contributed by atoms with Crippen molar-refractivity contribution in [2.75, 3.05) is 0 Å². The zero-order valence-electron chi connectivity index (χ0n) is 10.4. The molecule has 0 bridgehead atoms. The van der Waals surface area contributed by atoms with Gasteiger partial charge in [0.05, 0.1) is 5.60 Å². The molecule has 0 aromatic heterocycles. The Balaban J connectivity index is 2.39. The highest BCUT2D eigenvalue weighted by molar-refractivity contribution is 7.99. The third kappa shape index (κ3) is 3.29. The number of halogens is 1. The van der Waals surface area contributed by atoms with E-state index in [1.54, 1.807) is 25.6 Å². The van der Waals surface area contributed by atoms with Crippen LogP contribution in [-0.4, -0.2) is 5.11 Å². The molecule has 0 aliphatic rings. The predicted octanol–water partition coefficient (Wildman–Crippen LogP) is 4.72. The standard InChI is InChI=1S/C15H15ClOS/c1-15(2,17)13-10-11(16)8-9-14(13)18-12-6-4-3-5-7-12/h3-10,17H,1-2H3. The van der Waals surface area contributed by atoms with E-state index in [0.717, 1.165) is 15.4 Å². The van der Waals surface area contributed by atoms with Crippen molar-refractivity contribution in [1.82, 2.24) is 0 Å². The smallest absolute Gasteiger partial charge is 0.0851 e. The molecule has 0 aliphatic carbocycles. The Labute approximate surface area is 117 Å². The van der Waals surface area contributed by atoms with E-state index < -0.39 is 5.60 Å². The monoisotopic (exact) mass is 278 g/mol. The van der Waals surface area contributed by atoms with Gasteiger partial charge in [-0.2, -0.15) is 0 Å². The van der Waals surface area contributed by atoms with Gasteiger partial charge in [0.15, 0.2) is 0 Å². The van der Waals surface area contributed by atoms with E-state index in [9.17, 15) is 5.11 Å². The molecule has 18 heavy (non-hydrogen) atoms. The van der Waals surface area contributed by atoms with Gasteiger partial charge in [0.25, 0.3) is 0 Å². The lowest BCUT2D eigenvalue weighted by Gasteiger charge is -2.21. The molecule has 0 fully saturated rings. The first-order chi connectivity index (χ1) is 8.47. The van der Waals surface area contributed by atoms with Crippen molar-refractivity contribution in [1.29, 1.82) is 0 Å². The molecular weight excluding hydrogens is 264 g/mol. The van der Waals surface area contributed by atoms with Crippen LogP contribution in [0, 0.1) is 0 Å². The number of aliphatic hydroxyl groups is 1. The van der Waals surface area contributed by atoms with Crippen LogP contribution in [0.15, 0.2) is 58.3 Å². The average molecular weight is 279 g/mol. The van der Waals surface area contributed by atoms with E-state index in [-0.39, 0.29) is 0 Å². The van der Waals surface area contributed by atoms with E-state index in [1.165, 1.54) is 0 Å². The Morgan fingerprint density at radius 3 is 2.33 bits per heavy atom. The minimum absolute atomic E-state index is 0.643.